The average molecular weight is 268 g/mol. The van der Waals surface area contributed by atoms with Crippen LogP contribution >= 0.6 is 11.6 Å². The molecule has 0 aliphatic rings. The molecule has 2 nitrogen and oxygen atoms in total. The number of nitrogens with zero attached hydrogens (tertiary/aromatic N) is 1. The lowest BCUT2D eigenvalue weighted by molar-refractivity contribution is -0.683. The highest BCUT2D eigenvalue weighted by atomic mass is 35.5. The van der Waals surface area contributed by atoms with E-state index < -0.39 is 0 Å². The third-order valence-corrected chi connectivity index (χ3v) is 2.52. The molecule has 4 heteroatoms. The molecule has 1 heterocycles. The zero-order valence-electron chi connectivity index (χ0n) is 9.01. The quantitative estimate of drug-likeness (QED) is 0.544. The van der Waals surface area contributed by atoms with Crippen LogP contribution in [-0.2, 0) is 6.54 Å². The van der Waals surface area contributed by atoms with Crippen molar-refractivity contribution in [3.05, 3.63) is 65.4 Å². The summed E-state index contributed by atoms with van der Waals surface area (Å²) >= 11 is 5.76. The van der Waals surface area contributed by atoms with Crippen molar-refractivity contribution in [1.82, 2.24) is 0 Å². The molecule has 0 spiro atoms. The summed E-state index contributed by atoms with van der Waals surface area (Å²) in [5.41, 5.74) is 0.681. The molecule has 0 atom stereocenters. The first-order valence-electron chi connectivity index (χ1n) is 4.98. The summed E-state index contributed by atoms with van der Waals surface area (Å²) in [5.74, 6) is 0.0767. The molecule has 0 aliphatic heterocycles. The van der Waals surface area contributed by atoms with Crippen LogP contribution in [0.3, 0.4) is 0 Å². The molecular weight excluding hydrogens is 257 g/mol. The minimum atomic E-state index is 0. The SMILES string of the molecule is O=C(C[n+]1ccccc1)c1ccc(Cl)cc1.[Cl-]. The number of carbonyl (C=O) groups is 1. The van der Waals surface area contributed by atoms with Gasteiger partial charge in [-0.05, 0) is 24.3 Å². The van der Waals surface area contributed by atoms with Gasteiger partial charge in [0.2, 0.25) is 12.3 Å². The fourth-order valence-electron chi connectivity index (χ4n) is 1.43. The van der Waals surface area contributed by atoms with E-state index in [-0.39, 0.29) is 18.2 Å². The summed E-state index contributed by atoms with van der Waals surface area (Å²) in [6.45, 7) is 0.350. The van der Waals surface area contributed by atoms with Crippen LogP contribution in [0, 0.1) is 0 Å². The number of ketones is 1. The van der Waals surface area contributed by atoms with Crippen molar-refractivity contribution in [2.24, 2.45) is 0 Å². The van der Waals surface area contributed by atoms with Gasteiger partial charge < -0.3 is 12.4 Å². The Labute approximate surface area is 111 Å². The fourth-order valence-corrected chi connectivity index (χ4v) is 1.56. The predicted molar refractivity (Wildman–Crippen MR) is 62.4 cm³/mol. The third-order valence-electron chi connectivity index (χ3n) is 2.27. The van der Waals surface area contributed by atoms with E-state index in [9.17, 15) is 4.79 Å². The number of carbonyl (C=O) groups excluding carboxylic acids is 1. The maximum atomic E-state index is 11.9. The molecule has 1 aromatic carbocycles. The predicted octanol–water partition coefficient (Wildman–Crippen LogP) is -0.486. The molecule has 0 saturated heterocycles. The van der Waals surface area contributed by atoms with Crippen LogP contribution in [0.5, 0.6) is 0 Å². The average Bonchev–Trinajstić information content (AvgIpc) is 2.31. The molecule has 0 aliphatic carbocycles. The summed E-state index contributed by atoms with van der Waals surface area (Å²) < 4.78 is 1.84. The molecule has 0 unspecified atom stereocenters. The molecule has 88 valence electrons. The van der Waals surface area contributed by atoms with Crippen molar-refractivity contribution in [3.8, 4) is 0 Å². The fraction of sp³-hybridized carbons (Fsp3) is 0.0769. The minimum Gasteiger partial charge on any atom is -1.00 e. The van der Waals surface area contributed by atoms with Crippen LogP contribution in [0.2, 0.25) is 5.02 Å². The second-order valence-corrected chi connectivity index (χ2v) is 3.91. The summed E-state index contributed by atoms with van der Waals surface area (Å²) in [5, 5.41) is 0.643. The maximum Gasteiger partial charge on any atom is 0.227 e. The molecule has 0 radical (unpaired) electrons. The van der Waals surface area contributed by atoms with Crippen molar-refractivity contribution in [3.63, 3.8) is 0 Å². The van der Waals surface area contributed by atoms with Crippen molar-refractivity contribution in [2.75, 3.05) is 0 Å². The number of hydrogen-bond donors (Lipinski definition) is 0. The van der Waals surface area contributed by atoms with E-state index in [1.807, 2.05) is 35.2 Å². The zero-order valence-corrected chi connectivity index (χ0v) is 10.5. The normalized spacial score (nSPS) is 9.47. The van der Waals surface area contributed by atoms with Gasteiger partial charge in [-0.2, -0.15) is 4.57 Å². The number of pyridine rings is 1. The van der Waals surface area contributed by atoms with Gasteiger partial charge in [-0.25, -0.2) is 0 Å². The Hall–Kier alpha value is -1.38. The van der Waals surface area contributed by atoms with E-state index in [1.165, 1.54) is 0 Å². The molecular formula is C13H11Cl2NO. The highest BCUT2D eigenvalue weighted by Crippen LogP contribution is 2.09. The summed E-state index contributed by atoms with van der Waals surface area (Å²) in [7, 11) is 0. The molecule has 2 rings (SSSR count). The molecule has 0 N–H and O–H groups in total. The van der Waals surface area contributed by atoms with Crippen LogP contribution in [0.1, 0.15) is 10.4 Å². The lowest BCUT2D eigenvalue weighted by Gasteiger charge is -1.98. The summed E-state index contributed by atoms with van der Waals surface area (Å²) in [4.78, 5) is 11.9. The summed E-state index contributed by atoms with van der Waals surface area (Å²) in [6.07, 6.45) is 3.74. The number of hydrogen-bond acceptors (Lipinski definition) is 1. The Morgan fingerprint density at radius 2 is 1.65 bits per heavy atom. The molecule has 0 saturated carbocycles. The van der Waals surface area contributed by atoms with Gasteiger partial charge in [0.05, 0.1) is 0 Å². The lowest BCUT2D eigenvalue weighted by Crippen LogP contribution is -3.00. The van der Waals surface area contributed by atoms with E-state index >= 15 is 0 Å². The molecule has 1 aromatic heterocycles. The Morgan fingerprint density at radius 1 is 1.06 bits per heavy atom. The second kappa shape index (κ2) is 6.38. The Bertz CT molecular complexity index is 483. The van der Waals surface area contributed by atoms with Crippen molar-refractivity contribution in [1.29, 1.82) is 0 Å². The number of rotatable bonds is 3. The lowest BCUT2D eigenvalue weighted by atomic mass is 10.1. The van der Waals surface area contributed by atoms with Gasteiger partial charge in [-0.1, -0.05) is 17.7 Å². The van der Waals surface area contributed by atoms with Crippen LogP contribution < -0.4 is 17.0 Å². The number of Topliss-reactive ketones (excluding diaryl/α,β-unsaturated/α-hetero) is 1. The van der Waals surface area contributed by atoms with Crippen molar-refractivity contribution in [2.45, 2.75) is 6.54 Å². The van der Waals surface area contributed by atoms with Crippen LogP contribution in [-0.4, -0.2) is 5.78 Å². The van der Waals surface area contributed by atoms with E-state index in [0.29, 0.717) is 17.1 Å². The largest absolute Gasteiger partial charge is 1.00 e. The molecule has 0 amide bonds. The van der Waals surface area contributed by atoms with Gasteiger partial charge in [0.1, 0.15) is 0 Å². The molecule has 0 bridgehead atoms. The van der Waals surface area contributed by atoms with Gasteiger partial charge in [0.15, 0.2) is 12.4 Å². The number of benzene rings is 1. The van der Waals surface area contributed by atoms with E-state index in [0.717, 1.165) is 0 Å². The monoisotopic (exact) mass is 267 g/mol. The second-order valence-electron chi connectivity index (χ2n) is 3.48. The Kier molecular flexibility index (Phi) is 5.13. The Morgan fingerprint density at radius 3 is 2.24 bits per heavy atom. The first kappa shape index (κ1) is 13.7. The zero-order chi connectivity index (χ0) is 11.4. The smallest absolute Gasteiger partial charge is 0.227 e. The molecule has 17 heavy (non-hydrogen) atoms. The first-order valence-corrected chi connectivity index (χ1v) is 5.36. The van der Waals surface area contributed by atoms with Gasteiger partial charge >= 0.3 is 0 Å². The first-order chi connectivity index (χ1) is 7.75. The Balaban J connectivity index is 0.00000144. The van der Waals surface area contributed by atoms with Gasteiger partial charge in [-0.3, -0.25) is 4.79 Å². The molecule has 2 aromatic rings. The van der Waals surface area contributed by atoms with E-state index in [2.05, 4.69) is 0 Å². The van der Waals surface area contributed by atoms with Crippen LogP contribution in [0.4, 0.5) is 0 Å². The van der Waals surface area contributed by atoms with E-state index in [1.54, 1.807) is 24.3 Å². The number of halogens is 2. The topological polar surface area (TPSA) is 20.9 Å². The minimum absolute atomic E-state index is 0. The summed E-state index contributed by atoms with van der Waals surface area (Å²) in [6, 6.07) is 12.7. The highest BCUT2D eigenvalue weighted by molar-refractivity contribution is 6.30. The highest BCUT2D eigenvalue weighted by Gasteiger charge is 2.10. The van der Waals surface area contributed by atoms with Crippen molar-refractivity contribution >= 4 is 17.4 Å². The van der Waals surface area contributed by atoms with Gasteiger partial charge in [-0.15, -0.1) is 0 Å². The van der Waals surface area contributed by atoms with Crippen LogP contribution in [0.15, 0.2) is 54.9 Å². The van der Waals surface area contributed by atoms with Crippen LogP contribution in [0.25, 0.3) is 0 Å². The van der Waals surface area contributed by atoms with E-state index in [4.69, 9.17) is 11.6 Å². The maximum absolute atomic E-state index is 11.9. The van der Waals surface area contributed by atoms with Crippen molar-refractivity contribution < 1.29 is 21.8 Å². The standard InChI is InChI=1S/C13H11ClNO.ClH/c14-12-6-4-11(5-7-12)13(16)10-15-8-2-1-3-9-15;/h1-9H,10H2;1H/q+1;/p-1. The molecule has 0 fully saturated rings. The van der Waals surface area contributed by atoms with Gasteiger partial charge in [0, 0.05) is 22.7 Å². The number of aromatic nitrogens is 1. The third kappa shape index (κ3) is 3.84. The van der Waals surface area contributed by atoms with Gasteiger partial charge in [0.25, 0.3) is 0 Å².